The lowest BCUT2D eigenvalue weighted by Gasteiger charge is -2.09. The number of aryl methyl sites for hydroxylation is 2. The molecule has 0 bridgehead atoms. The van der Waals surface area contributed by atoms with Crippen LogP contribution in [-0.2, 0) is 9.59 Å². The second-order valence-electron chi connectivity index (χ2n) is 6.39. The first-order chi connectivity index (χ1) is 12.8. The van der Waals surface area contributed by atoms with Crippen molar-refractivity contribution in [3.8, 4) is 11.5 Å². The van der Waals surface area contributed by atoms with Gasteiger partial charge < -0.3 is 15.2 Å². The molecule has 0 aromatic heterocycles. The number of phenols is 1. The molecule has 0 aliphatic heterocycles. The fourth-order valence-electron chi connectivity index (χ4n) is 2.56. The van der Waals surface area contributed by atoms with E-state index in [1.54, 1.807) is 0 Å². The molecule has 0 unspecified atom stereocenters. The number of ketones is 2. The highest BCUT2D eigenvalue weighted by Gasteiger charge is 2.15. The van der Waals surface area contributed by atoms with E-state index in [0.29, 0.717) is 0 Å². The van der Waals surface area contributed by atoms with Gasteiger partial charge in [-0.05, 0) is 49.2 Å². The predicted octanol–water partition coefficient (Wildman–Crippen LogP) is 3.58. The summed E-state index contributed by atoms with van der Waals surface area (Å²) in [5.74, 6) is -0.878. The summed E-state index contributed by atoms with van der Waals surface area (Å²) in [4.78, 5) is 36.3. The van der Waals surface area contributed by atoms with Gasteiger partial charge in [-0.3, -0.25) is 14.4 Å². The maximum absolute atomic E-state index is 12.2. The van der Waals surface area contributed by atoms with Crippen LogP contribution in [0, 0.1) is 13.8 Å². The molecule has 0 fully saturated rings. The van der Waals surface area contributed by atoms with Crippen molar-refractivity contribution in [2.24, 2.45) is 0 Å². The molecule has 1 amide bonds. The minimum Gasteiger partial charge on any atom is -0.504 e. The van der Waals surface area contributed by atoms with Gasteiger partial charge in [-0.25, -0.2) is 0 Å². The van der Waals surface area contributed by atoms with E-state index in [1.807, 2.05) is 32.0 Å². The average Bonchev–Trinajstić information content (AvgIpc) is 2.63. The van der Waals surface area contributed by atoms with Crippen LogP contribution in [0.15, 0.2) is 36.4 Å². The summed E-state index contributed by atoms with van der Waals surface area (Å²) in [5.41, 5.74) is 2.97. The van der Waals surface area contributed by atoms with Gasteiger partial charge in [0.25, 0.3) is 0 Å². The Hall–Kier alpha value is -3.15. The summed E-state index contributed by atoms with van der Waals surface area (Å²) < 4.78 is 4.95. The molecule has 0 saturated carbocycles. The van der Waals surface area contributed by atoms with E-state index in [9.17, 15) is 19.5 Å². The van der Waals surface area contributed by atoms with Gasteiger partial charge in [0, 0.05) is 24.1 Å². The van der Waals surface area contributed by atoms with Crippen LogP contribution in [0.25, 0.3) is 0 Å². The summed E-state index contributed by atoms with van der Waals surface area (Å²) in [5, 5.41) is 12.3. The largest absolute Gasteiger partial charge is 0.504 e. The van der Waals surface area contributed by atoms with Gasteiger partial charge in [-0.15, -0.1) is 0 Å². The van der Waals surface area contributed by atoms with Crippen molar-refractivity contribution >= 4 is 23.2 Å². The van der Waals surface area contributed by atoms with Crippen molar-refractivity contribution in [3.63, 3.8) is 0 Å². The molecule has 2 aromatic rings. The minimum absolute atomic E-state index is 0.0123. The van der Waals surface area contributed by atoms with Crippen LogP contribution >= 0.6 is 0 Å². The SMILES string of the molecule is COc1cc(C(=O)CC(=O)CCC(=O)Nc2cc(C)ccc2C)ccc1O. The Balaban J connectivity index is 1.87. The standard InChI is InChI=1S/C21H23NO5/c1-13-4-5-14(2)17(10-13)22-21(26)9-7-16(23)12-19(25)15-6-8-18(24)20(11-15)27-3/h4-6,8,10-11,24H,7,9,12H2,1-3H3,(H,22,26). The molecule has 0 saturated heterocycles. The van der Waals surface area contributed by atoms with Gasteiger partial charge in [0.2, 0.25) is 5.91 Å². The summed E-state index contributed by atoms with van der Waals surface area (Å²) in [7, 11) is 1.38. The Kier molecular flexibility index (Phi) is 6.71. The zero-order valence-corrected chi connectivity index (χ0v) is 15.7. The monoisotopic (exact) mass is 369 g/mol. The number of rotatable bonds is 8. The maximum Gasteiger partial charge on any atom is 0.224 e. The van der Waals surface area contributed by atoms with Crippen LogP contribution in [0.5, 0.6) is 11.5 Å². The van der Waals surface area contributed by atoms with Crippen molar-refractivity contribution in [3.05, 3.63) is 53.1 Å². The predicted molar refractivity (Wildman–Crippen MR) is 102 cm³/mol. The van der Waals surface area contributed by atoms with Crippen LogP contribution in [-0.4, -0.2) is 29.7 Å². The molecule has 27 heavy (non-hydrogen) atoms. The van der Waals surface area contributed by atoms with E-state index in [2.05, 4.69) is 5.32 Å². The van der Waals surface area contributed by atoms with Crippen LogP contribution in [0.4, 0.5) is 5.69 Å². The van der Waals surface area contributed by atoms with E-state index < -0.39 is 0 Å². The molecule has 0 aliphatic carbocycles. The van der Waals surface area contributed by atoms with Crippen molar-refractivity contribution < 1.29 is 24.2 Å². The van der Waals surface area contributed by atoms with Crippen molar-refractivity contribution in [2.75, 3.05) is 12.4 Å². The fourth-order valence-corrected chi connectivity index (χ4v) is 2.56. The van der Waals surface area contributed by atoms with Crippen molar-refractivity contribution in [1.82, 2.24) is 0 Å². The number of anilines is 1. The third kappa shape index (κ3) is 5.67. The van der Waals surface area contributed by atoms with E-state index in [0.717, 1.165) is 16.8 Å². The second-order valence-corrected chi connectivity index (χ2v) is 6.39. The second kappa shape index (κ2) is 8.98. The number of amides is 1. The van der Waals surface area contributed by atoms with Gasteiger partial charge >= 0.3 is 0 Å². The Bertz CT molecular complexity index is 873. The number of hydrogen-bond acceptors (Lipinski definition) is 5. The minimum atomic E-state index is -0.381. The molecule has 142 valence electrons. The topological polar surface area (TPSA) is 92.7 Å². The lowest BCUT2D eigenvalue weighted by atomic mass is 10.0. The number of carbonyl (C=O) groups is 3. The quantitative estimate of drug-likeness (QED) is 0.548. The average molecular weight is 369 g/mol. The first-order valence-electron chi connectivity index (χ1n) is 8.59. The van der Waals surface area contributed by atoms with Crippen LogP contribution < -0.4 is 10.1 Å². The molecule has 0 radical (unpaired) electrons. The number of aromatic hydroxyl groups is 1. The number of methoxy groups -OCH3 is 1. The van der Waals surface area contributed by atoms with E-state index in [-0.39, 0.29) is 53.8 Å². The fraction of sp³-hybridized carbons (Fsp3) is 0.286. The Morgan fingerprint density at radius 1 is 1.04 bits per heavy atom. The van der Waals surface area contributed by atoms with E-state index >= 15 is 0 Å². The van der Waals surface area contributed by atoms with E-state index in [4.69, 9.17) is 4.74 Å². The molecule has 2 N–H and O–H groups in total. The third-order valence-electron chi connectivity index (χ3n) is 4.16. The highest BCUT2D eigenvalue weighted by Crippen LogP contribution is 2.26. The van der Waals surface area contributed by atoms with Crippen LogP contribution in [0.2, 0.25) is 0 Å². The molecule has 2 rings (SSSR count). The summed E-state index contributed by atoms with van der Waals surface area (Å²) in [6.45, 7) is 3.83. The Morgan fingerprint density at radius 2 is 1.78 bits per heavy atom. The molecular formula is C21H23NO5. The molecule has 6 nitrogen and oxygen atoms in total. The lowest BCUT2D eigenvalue weighted by Crippen LogP contribution is -2.15. The zero-order valence-electron chi connectivity index (χ0n) is 15.7. The van der Waals surface area contributed by atoms with Gasteiger partial charge in [0.1, 0.15) is 5.78 Å². The summed E-state index contributed by atoms with van der Waals surface area (Å²) >= 11 is 0. The number of Topliss-reactive ketones (excluding diaryl/α,β-unsaturated/α-hetero) is 2. The first-order valence-corrected chi connectivity index (χ1v) is 8.59. The van der Waals surface area contributed by atoms with Crippen LogP contribution in [0.3, 0.4) is 0 Å². The zero-order chi connectivity index (χ0) is 20.0. The molecule has 0 atom stereocenters. The van der Waals surface area contributed by atoms with Gasteiger partial charge in [-0.2, -0.15) is 0 Å². The Labute approximate surface area is 158 Å². The summed E-state index contributed by atoms with van der Waals surface area (Å²) in [6, 6.07) is 9.91. The van der Waals surface area contributed by atoms with Crippen molar-refractivity contribution in [2.45, 2.75) is 33.1 Å². The number of phenolic OH excluding ortho intramolecular Hbond substituents is 1. The molecule has 0 spiro atoms. The van der Waals surface area contributed by atoms with Gasteiger partial charge in [-0.1, -0.05) is 12.1 Å². The smallest absolute Gasteiger partial charge is 0.224 e. The number of nitrogens with one attached hydrogen (secondary N) is 1. The molecule has 0 aliphatic rings. The van der Waals surface area contributed by atoms with Crippen molar-refractivity contribution in [1.29, 1.82) is 0 Å². The normalized spacial score (nSPS) is 10.3. The molecular weight excluding hydrogens is 346 g/mol. The van der Waals surface area contributed by atoms with Gasteiger partial charge in [0.05, 0.1) is 13.5 Å². The molecule has 6 heteroatoms. The number of hydrogen-bond donors (Lipinski definition) is 2. The van der Waals surface area contributed by atoms with E-state index in [1.165, 1.54) is 25.3 Å². The number of ether oxygens (including phenoxy) is 1. The molecule has 2 aromatic carbocycles. The molecule has 0 heterocycles. The van der Waals surface area contributed by atoms with Crippen LogP contribution in [0.1, 0.15) is 40.7 Å². The summed E-state index contributed by atoms with van der Waals surface area (Å²) in [6.07, 6.45) is -0.305. The third-order valence-corrected chi connectivity index (χ3v) is 4.16. The Morgan fingerprint density at radius 3 is 2.48 bits per heavy atom. The highest BCUT2D eigenvalue weighted by molar-refractivity contribution is 6.09. The van der Waals surface area contributed by atoms with Gasteiger partial charge in [0.15, 0.2) is 17.3 Å². The highest BCUT2D eigenvalue weighted by atomic mass is 16.5. The lowest BCUT2D eigenvalue weighted by molar-refractivity contribution is -0.122. The number of benzene rings is 2. The number of carbonyl (C=O) groups excluding carboxylic acids is 3. The first kappa shape index (κ1) is 20.2. The maximum atomic E-state index is 12.2.